The second-order valence-corrected chi connectivity index (χ2v) is 5.49. The summed E-state index contributed by atoms with van der Waals surface area (Å²) in [6, 6.07) is 0.723. The van der Waals surface area contributed by atoms with Gasteiger partial charge in [-0.2, -0.15) is 0 Å². The summed E-state index contributed by atoms with van der Waals surface area (Å²) in [4.78, 5) is 2.71. The molecule has 3 fully saturated rings. The standard InChI is InChI=1S/C12H22N2O/c1-15-8-12(9-2-3-9)14-6-10-4-13-5-11(10)7-14/h9-13H,2-8H2,1H3/t10-,11+,12?. The molecular weight excluding hydrogens is 188 g/mol. The van der Waals surface area contributed by atoms with Gasteiger partial charge < -0.3 is 10.1 Å². The lowest BCUT2D eigenvalue weighted by atomic mass is 10.0. The summed E-state index contributed by atoms with van der Waals surface area (Å²) in [5, 5.41) is 3.50. The summed E-state index contributed by atoms with van der Waals surface area (Å²) >= 11 is 0. The highest BCUT2D eigenvalue weighted by molar-refractivity contribution is 4.97. The molecule has 3 aliphatic rings. The summed E-state index contributed by atoms with van der Waals surface area (Å²) in [7, 11) is 1.84. The van der Waals surface area contributed by atoms with Crippen LogP contribution in [0.25, 0.3) is 0 Å². The fraction of sp³-hybridized carbons (Fsp3) is 1.00. The number of nitrogens with one attached hydrogen (secondary N) is 1. The number of hydrogen-bond donors (Lipinski definition) is 1. The Morgan fingerprint density at radius 1 is 1.27 bits per heavy atom. The highest BCUT2D eigenvalue weighted by Crippen LogP contribution is 2.38. The molecule has 0 bridgehead atoms. The van der Waals surface area contributed by atoms with Gasteiger partial charge in [0.05, 0.1) is 6.61 Å². The van der Waals surface area contributed by atoms with Gasteiger partial charge in [-0.15, -0.1) is 0 Å². The summed E-state index contributed by atoms with van der Waals surface area (Å²) in [6.45, 7) is 6.04. The van der Waals surface area contributed by atoms with E-state index < -0.39 is 0 Å². The predicted octanol–water partition coefficient (Wildman–Crippen LogP) is 0.563. The zero-order chi connectivity index (χ0) is 10.3. The maximum absolute atomic E-state index is 5.38. The number of nitrogens with zero attached hydrogens (tertiary/aromatic N) is 1. The Morgan fingerprint density at radius 3 is 2.47 bits per heavy atom. The van der Waals surface area contributed by atoms with Gasteiger partial charge in [0.2, 0.25) is 0 Å². The summed E-state index contributed by atoms with van der Waals surface area (Å²) < 4.78 is 5.38. The molecule has 1 unspecified atom stereocenters. The molecule has 2 aliphatic heterocycles. The van der Waals surface area contributed by atoms with Gasteiger partial charge in [0.15, 0.2) is 0 Å². The van der Waals surface area contributed by atoms with Crippen molar-refractivity contribution in [2.24, 2.45) is 17.8 Å². The molecule has 0 spiro atoms. The number of methoxy groups -OCH3 is 1. The Kier molecular flexibility index (Phi) is 2.71. The van der Waals surface area contributed by atoms with E-state index in [2.05, 4.69) is 10.2 Å². The second kappa shape index (κ2) is 4.04. The van der Waals surface area contributed by atoms with Crippen LogP contribution in [0.3, 0.4) is 0 Å². The Morgan fingerprint density at radius 2 is 1.93 bits per heavy atom. The molecule has 3 nitrogen and oxygen atoms in total. The molecule has 3 atom stereocenters. The quantitative estimate of drug-likeness (QED) is 0.734. The molecule has 0 aromatic rings. The van der Waals surface area contributed by atoms with Crippen molar-refractivity contribution in [2.75, 3.05) is 39.9 Å². The first-order valence-corrected chi connectivity index (χ1v) is 6.32. The van der Waals surface area contributed by atoms with Gasteiger partial charge in [0.1, 0.15) is 0 Å². The third-order valence-electron chi connectivity index (χ3n) is 4.39. The zero-order valence-electron chi connectivity index (χ0n) is 9.61. The van der Waals surface area contributed by atoms with Crippen molar-refractivity contribution >= 4 is 0 Å². The minimum Gasteiger partial charge on any atom is -0.383 e. The molecule has 3 heteroatoms. The van der Waals surface area contributed by atoms with Crippen LogP contribution in [0.5, 0.6) is 0 Å². The average Bonchev–Trinajstić information content (AvgIpc) is 2.82. The second-order valence-electron chi connectivity index (χ2n) is 5.49. The number of ether oxygens (including phenoxy) is 1. The Hall–Kier alpha value is -0.120. The summed E-state index contributed by atoms with van der Waals surface area (Å²) in [5.74, 6) is 2.78. The van der Waals surface area contributed by atoms with Crippen LogP contribution in [-0.2, 0) is 4.74 Å². The van der Waals surface area contributed by atoms with Crippen LogP contribution in [0, 0.1) is 17.8 Å². The first kappa shape index (κ1) is 10.1. The van der Waals surface area contributed by atoms with Gasteiger partial charge >= 0.3 is 0 Å². The van der Waals surface area contributed by atoms with Crippen LogP contribution in [0.1, 0.15) is 12.8 Å². The van der Waals surface area contributed by atoms with Crippen molar-refractivity contribution in [3.8, 4) is 0 Å². The molecule has 0 aromatic carbocycles. The van der Waals surface area contributed by atoms with Crippen LogP contribution in [0.15, 0.2) is 0 Å². The van der Waals surface area contributed by atoms with Crippen LogP contribution < -0.4 is 5.32 Å². The van der Waals surface area contributed by atoms with Gasteiger partial charge in [-0.1, -0.05) is 0 Å². The van der Waals surface area contributed by atoms with E-state index in [1.54, 1.807) is 0 Å². The third kappa shape index (κ3) is 1.93. The number of rotatable bonds is 4. The van der Waals surface area contributed by atoms with Gasteiger partial charge in [0.25, 0.3) is 0 Å². The first-order chi connectivity index (χ1) is 7.38. The van der Waals surface area contributed by atoms with Gasteiger partial charge in [-0.25, -0.2) is 0 Å². The molecule has 3 rings (SSSR count). The van der Waals surface area contributed by atoms with Crippen molar-refractivity contribution in [1.82, 2.24) is 10.2 Å². The first-order valence-electron chi connectivity index (χ1n) is 6.32. The Bertz CT molecular complexity index is 218. The third-order valence-corrected chi connectivity index (χ3v) is 4.39. The fourth-order valence-electron chi connectivity index (χ4n) is 3.35. The lowest BCUT2D eigenvalue weighted by molar-refractivity contribution is 0.0882. The summed E-state index contributed by atoms with van der Waals surface area (Å²) in [5.41, 5.74) is 0. The smallest absolute Gasteiger partial charge is 0.0620 e. The molecular formula is C12H22N2O. The van der Waals surface area contributed by atoms with Crippen LogP contribution >= 0.6 is 0 Å². The minimum atomic E-state index is 0.723. The lowest BCUT2D eigenvalue weighted by Crippen LogP contribution is -2.40. The highest BCUT2D eigenvalue weighted by atomic mass is 16.5. The molecule has 2 saturated heterocycles. The molecule has 1 saturated carbocycles. The van der Waals surface area contributed by atoms with Crippen molar-refractivity contribution in [3.63, 3.8) is 0 Å². The van der Waals surface area contributed by atoms with Crippen molar-refractivity contribution < 1.29 is 4.74 Å². The molecule has 0 aromatic heterocycles. The van der Waals surface area contributed by atoms with Gasteiger partial charge in [-0.05, 0) is 43.7 Å². The molecule has 15 heavy (non-hydrogen) atoms. The summed E-state index contributed by atoms with van der Waals surface area (Å²) in [6.07, 6.45) is 2.86. The molecule has 2 heterocycles. The lowest BCUT2D eigenvalue weighted by Gasteiger charge is -2.28. The highest BCUT2D eigenvalue weighted by Gasteiger charge is 2.43. The minimum absolute atomic E-state index is 0.723. The van der Waals surface area contributed by atoms with Gasteiger partial charge in [-0.3, -0.25) is 4.90 Å². The zero-order valence-corrected chi connectivity index (χ0v) is 9.61. The number of fused-ring (bicyclic) bond motifs is 1. The van der Waals surface area contributed by atoms with E-state index in [4.69, 9.17) is 4.74 Å². The van der Waals surface area contributed by atoms with E-state index in [0.29, 0.717) is 0 Å². The number of likely N-dealkylation sites (tertiary alicyclic amines) is 1. The van der Waals surface area contributed by atoms with E-state index in [1.807, 2.05) is 7.11 Å². The Balaban J connectivity index is 1.61. The number of hydrogen-bond acceptors (Lipinski definition) is 3. The average molecular weight is 210 g/mol. The molecule has 86 valence electrons. The monoisotopic (exact) mass is 210 g/mol. The topological polar surface area (TPSA) is 24.5 Å². The molecule has 1 N–H and O–H groups in total. The van der Waals surface area contributed by atoms with Crippen LogP contribution in [0.2, 0.25) is 0 Å². The van der Waals surface area contributed by atoms with Crippen LogP contribution in [-0.4, -0.2) is 50.8 Å². The SMILES string of the molecule is COCC(C1CC1)N1C[C@H]2CNC[C@H]2C1. The van der Waals surface area contributed by atoms with Gasteiger partial charge in [0, 0.05) is 26.2 Å². The van der Waals surface area contributed by atoms with Crippen LogP contribution in [0.4, 0.5) is 0 Å². The van der Waals surface area contributed by atoms with Crippen molar-refractivity contribution in [1.29, 1.82) is 0 Å². The van der Waals surface area contributed by atoms with E-state index >= 15 is 0 Å². The maximum atomic E-state index is 5.38. The largest absolute Gasteiger partial charge is 0.383 e. The Labute approximate surface area is 92.2 Å². The molecule has 0 radical (unpaired) electrons. The molecule has 1 aliphatic carbocycles. The van der Waals surface area contributed by atoms with Crippen molar-refractivity contribution in [3.05, 3.63) is 0 Å². The van der Waals surface area contributed by atoms with E-state index in [1.165, 1.54) is 39.0 Å². The fourth-order valence-corrected chi connectivity index (χ4v) is 3.35. The predicted molar refractivity (Wildman–Crippen MR) is 59.8 cm³/mol. The molecule has 0 amide bonds. The normalized spacial score (nSPS) is 38.2. The van der Waals surface area contributed by atoms with E-state index in [-0.39, 0.29) is 0 Å². The van der Waals surface area contributed by atoms with E-state index in [0.717, 1.165) is 30.4 Å². The van der Waals surface area contributed by atoms with Crippen molar-refractivity contribution in [2.45, 2.75) is 18.9 Å². The van der Waals surface area contributed by atoms with E-state index in [9.17, 15) is 0 Å². The maximum Gasteiger partial charge on any atom is 0.0620 e.